The van der Waals surface area contributed by atoms with Gasteiger partial charge in [-0.2, -0.15) is 0 Å². The largest absolute Gasteiger partial charge is 0.342 e. The molecular weight excluding hydrogens is 322 g/mol. The number of hydrogen-bond donors (Lipinski definition) is 2. The summed E-state index contributed by atoms with van der Waals surface area (Å²) in [5.74, 6) is 0.610. The van der Waals surface area contributed by atoms with Gasteiger partial charge in [0.2, 0.25) is 10.0 Å². The molecule has 3 aromatic rings. The Hall–Kier alpha value is -2.05. The van der Waals surface area contributed by atoms with E-state index in [9.17, 15) is 8.42 Å². The van der Waals surface area contributed by atoms with Crippen LogP contribution in [-0.4, -0.2) is 18.4 Å². The van der Waals surface area contributed by atoms with E-state index in [0.29, 0.717) is 16.3 Å². The first kappa shape index (κ1) is 14.9. The van der Waals surface area contributed by atoms with Crippen molar-refractivity contribution in [1.82, 2.24) is 9.97 Å². The molecule has 0 bridgehead atoms. The minimum atomic E-state index is -3.54. The summed E-state index contributed by atoms with van der Waals surface area (Å²) in [5, 5.41) is 0.438. The van der Waals surface area contributed by atoms with Crippen molar-refractivity contribution in [3.8, 4) is 0 Å². The average molecular weight is 336 g/mol. The molecule has 7 heteroatoms. The molecule has 0 spiro atoms. The Labute approximate surface area is 133 Å². The molecule has 0 radical (unpaired) electrons. The number of halogens is 1. The van der Waals surface area contributed by atoms with Crippen LogP contribution in [0.3, 0.4) is 0 Å². The molecule has 1 heterocycles. The highest BCUT2D eigenvalue weighted by molar-refractivity contribution is 7.91. The number of fused-ring (bicyclic) bond motifs is 1. The van der Waals surface area contributed by atoms with Crippen molar-refractivity contribution >= 4 is 38.3 Å². The van der Waals surface area contributed by atoms with Crippen LogP contribution in [0.25, 0.3) is 11.0 Å². The van der Waals surface area contributed by atoms with Crippen LogP contribution in [0.2, 0.25) is 5.02 Å². The number of nitrogens with zero attached hydrogens (tertiary/aromatic N) is 1. The highest BCUT2D eigenvalue weighted by Crippen LogP contribution is 2.21. The van der Waals surface area contributed by atoms with Crippen LogP contribution in [-0.2, 0) is 15.8 Å². The Morgan fingerprint density at radius 1 is 1.23 bits per heavy atom. The maximum atomic E-state index is 12.3. The molecule has 2 N–H and O–H groups in total. The second-order valence-corrected chi connectivity index (χ2v) is 7.14. The number of nitrogens with one attached hydrogen (secondary N) is 2. The van der Waals surface area contributed by atoms with Gasteiger partial charge in [0, 0.05) is 5.02 Å². The normalized spacial score (nSPS) is 11.7. The van der Waals surface area contributed by atoms with Crippen molar-refractivity contribution in [3.63, 3.8) is 0 Å². The summed E-state index contributed by atoms with van der Waals surface area (Å²) in [6, 6.07) is 12.1. The number of rotatable bonds is 4. The van der Waals surface area contributed by atoms with Crippen molar-refractivity contribution in [3.05, 3.63) is 58.9 Å². The van der Waals surface area contributed by atoms with Crippen LogP contribution in [0.15, 0.2) is 42.5 Å². The molecule has 0 saturated carbocycles. The van der Waals surface area contributed by atoms with Crippen LogP contribution in [0.1, 0.15) is 11.4 Å². The van der Waals surface area contributed by atoms with Gasteiger partial charge in [0.1, 0.15) is 5.82 Å². The first-order chi connectivity index (χ1) is 10.4. The fraction of sp³-hybridized carbons (Fsp3) is 0.133. The minimum absolute atomic E-state index is 0.174. The Balaban J connectivity index is 1.85. The summed E-state index contributed by atoms with van der Waals surface area (Å²) in [7, 11) is -3.54. The van der Waals surface area contributed by atoms with E-state index in [1.165, 1.54) is 0 Å². The van der Waals surface area contributed by atoms with Crippen molar-refractivity contribution < 1.29 is 8.42 Å². The van der Waals surface area contributed by atoms with Crippen molar-refractivity contribution in [2.75, 3.05) is 4.72 Å². The number of sulfonamides is 1. The number of aromatic nitrogens is 2. The number of hydrogen-bond acceptors (Lipinski definition) is 3. The van der Waals surface area contributed by atoms with Crippen LogP contribution in [0.5, 0.6) is 0 Å². The summed E-state index contributed by atoms with van der Waals surface area (Å²) in [4.78, 5) is 7.36. The van der Waals surface area contributed by atoms with E-state index in [-0.39, 0.29) is 5.75 Å². The van der Waals surface area contributed by atoms with Crippen molar-refractivity contribution in [1.29, 1.82) is 0 Å². The lowest BCUT2D eigenvalue weighted by Gasteiger charge is -2.09. The Morgan fingerprint density at radius 3 is 2.77 bits per heavy atom. The van der Waals surface area contributed by atoms with Crippen molar-refractivity contribution in [2.24, 2.45) is 0 Å². The number of H-pyrrole nitrogens is 1. The third-order valence-electron chi connectivity index (χ3n) is 3.18. The predicted molar refractivity (Wildman–Crippen MR) is 88.5 cm³/mol. The van der Waals surface area contributed by atoms with E-state index in [1.807, 2.05) is 6.92 Å². The van der Waals surface area contributed by atoms with E-state index < -0.39 is 10.0 Å². The molecule has 114 valence electrons. The lowest BCUT2D eigenvalue weighted by atomic mass is 10.2. The Morgan fingerprint density at radius 2 is 2.00 bits per heavy atom. The van der Waals surface area contributed by atoms with E-state index >= 15 is 0 Å². The van der Waals surface area contributed by atoms with E-state index in [0.717, 1.165) is 16.9 Å². The molecule has 0 aliphatic heterocycles. The second-order valence-electron chi connectivity index (χ2n) is 5.01. The van der Waals surface area contributed by atoms with Gasteiger partial charge in [0.25, 0.3) is 0 Å². The van der Waals surface area contributed by atoms with Gasteiger partial charge >= 0.3 is 0 Å². The minimum Gasteiger partial charge on any atom is -0.342 e. The van der Waals surface area contributed by atoms with Gasteiger partial charge < -0.3 is 4.98 Å². The van der Waals surface area contributed by atoms with Gasteiger partial charge in [0.15, 0.2) is 0 Å². The van der Waals surface area contributed by atoms with Crippen LogP contribution in [0.4, 0.5) is 5.69 Å². The van der Waals surface area contributed by atoms with Gasteiger partial charge in [-0.3, -0.25) is 4.72 Å². The van der Waals surface area contributed by atoms with Gasteiger partial charge in [-0.1, -0.05) is 29.8 Å². The lowest BCUT2D eigenvalue weighted by molar-refractivity contribution is 0.600. The first-order valence-corrected chi connectivity index (χ1v) is 8.66. The third-order valence-corrected chi connectivity index (χ3v) is 4.78. The summed E-state index contributed by atoms with van der Waals surface area (Å²) in [6.45, 7) is 1.85. The number of anilines is 1. The molecule has 0 saturated heterocycles. The first-order valence-electron chi connectivity index (χ1n) is 6.63. The monoisotopic (exact) mass is 335 g/mol. The average Bonchev–Trinajstić information content (AvgIpc) is 2.80. The summed E-state index contributed by atoms with van der Waals surface area (Å²) >= 11 is 6.01. The molecule has 0 unspecified atom stereocenters. The van der Waals surface area contributed by atoms with E-state index in [2.05, 4.69) is 14.7 Å². The molecule has 3 rings (SSSR count). The summed E-state index contributed by atoms with van der Waals surface area (Å²) in [5.41, 5.74) is 2.64. The topological polar surface area (TPSA) is 74.8 Å². The van der Waals surface area contributed by atoms with Crippen LogP contribution < -0.4 is 4.72 Å². The zero-order valence-electron chi connectivity index (χ0n) is 11.8. The van der Waals surface area contributed by atoms with E-state index in [1.54, 1.807) is 42.5 Å². The Bertz CT molecular complexity index is 935. The molecular formula is C15H14ClN3O2S. The number of aromatic amines is 1. The molecule has 0 aliphatic rings. The third kappa shape index (κ3) is 3.23. The predicted octanol–water partition coefficient (Wildman–Crippen LogP) is 3.47. The molecule has 0 atom stereocenters. The Kier molecular flexibility index (Phi) is 3.80. The maximum absolute atomic E-state index is 12.3. The fourth-order valence-electron chi connectivity index (χ4n) is 2.24. The van der Waals surface area contributed by atoms with Gasteiger partial charge in [-0.05, 0) is 36.8 Å². The molecule has 1 aromatic heterocycles. The quantitative estimate of drug-likeness (QED) is 0.766. The highest BCUT2D eigenvalue weighted by Gasteiger charge is 2.14. The standard InChI is InChI=1S/C15H14ClN3O2S/c1-10-17-14-7-6-12(8-15(14)18-10)19-22(20,21)9-11-4-2-3-5-13(11)16/h2-8,19H,9H2,1H3,(H,17,18). The fourth-order valence-corrected chi connectivity index (χ4v) is 3.74. The molecule has 22 heavy (non-hydrogen) atoms. The second kappa shape index (κ2) is 5.62. The summed E-state index contributed by atoms with van der Waals surface area (Å²) in [6.07, 6.45) is 0. The van der Waals surface area contributed by atoms with Crippen LogP contribution in [0, 0.1) is 6.92 Å². The lowest BCUT2D eigenvalue weighted by Crippen LogP contribution is -2.15. The number of aryl methyl sites for hydroxylation is 1. The zero-order chi connectivity index (χ0) is 15.7. The van der Waals surface area contributed by atoms with Gasteiger partial charge in [-0.25, -0.2) is 13.4 Å². The van der Waals surface area contributed by atoms with Gasteiger partial charge in [-0.15, -0.1) is 0 Å². The maximum Gasteiger partial charge on any atom is 0.236 e. The molecule has 5 nitrogen and oxygen atoms in total. The van der Waals surface area contributed by atoms with E-state index in [4.69, 9.17) is 11.6 Å². The smallest absolute Gasteiger partial charge is 0.236 e. The molecule has 0 aliphatic carbocycles. The molecule has 0 amide bonds. The van der Waals surface area contributed by atoms with Crippen LogP contribution >= 0.6 is 11.6 Å². The molecule has 2 aromatic carbocycles. The van der Waals surface area contributed by atoms with Gasteiger partial charge in [0.05, 0.1) is 22.5 Å². The zero-order valence-corrected chi connectivity index (χ0v) is 13.4. The number of benzene rings is 2. The number of imidazole rings is 1. The summed E-state index contributed by atoms with van der Waals surface area (Å²) < 4.78 is 27.1. The van der Waals surface area contributed by atoms with Crippen molar-refractivity contribution in [2.45, 2.75) is 12.7 Å². The molecule has 0 fully saturated rings. The highest BCUT2D eigenvalue weighted by atomic mass is 35.5. The SMILES string of the molecule is Cc1nc2ccc(NS(=O)(=O)Cc3ccccc3Cl)cc2[nH]1.